The largest absolute Gasteiger partial charge is 0.399 e. The van der Waals surface area contributed by atoms with Crippen molar-refractivity contribution in [2.45, 2.75) is 18.6 Å². The number of nitrogen functional groups attached to an aromatic ring is 1. The predicted molar refractivity (Wildman–Crippen MR) is 83.5 cm³/mol. The minimum atomic E-state index is -1.24. The Balaban J connectivity index is 2.59. The van der Waals surface area contributed by atoms with Crippen LogP contribution < -0.4 is 11.1 Å². The fourth-order valence-electron chi connectivity index (χ4n) is 1.51. The molecule has 0 aliphatic carbocycles. The van der Waals surface area contributed by atoms with Crippen molar-refractivity contribution in [3.05, 3.63) is 23.2 Å². The third-order valence-electron chi connectivity index (χ3n) is 2.71. The van der Waals surface area contributed by atoms with E-state index < -0.39 is 16.0 Å². The fraction of sp³-hybridized carbons (Fsp3) is 0.462. The Kier molecular flexibility index (Phi) is 6.98. The van der Waals surface area contributed by atoms with Gasteiger partial charge in [-0.3, -0.25) is 9.00 Å². The van der Waals surface area contributed by atoms with Gasteiger partial charge < -0.3 is 15.8 Å². The molecule has 5 nitrogen and oxygen atoms in total. The van der Waals surface area contributed by atoms with Crippen LogP contribution in [0, 0.1) is 0 Å². The quantitative estimate of drug-likeness (QED) is 0.595. The fourth-order valence-corrected chi connectivity index (χ4v) is 2.80. The number of nitrogens with one attached hydrogen (secondary N) is 1. The summed E-state index contributed by atoms with van der Waals surface area (Å²) in [5, 5.41) is 2.40. The third kappa shape index (κ3) is 5.11. The topological polar surface area (TPSA) is 81.4 Å². The van der Waals surface area contributed by atoms with Crippen LogP contribution in [0.4, 0.5) is 11.4 Å². The Bertz CT molecular complexity index is 497. The van der Waals surface area contributed by atoms with E-state index in [1.54, 1.807) is 32.2 Å². The molecule has 1 aromatic rings. The van der Waals surface area contributed by atoms with Crippen LogP contribution in [0.15, 0.2) is 18.2 Å². The molecule has 0 spiro atoms. The van der Waals surface area contributed by atoms with E-state index in [1.807, 2.05) is 0 Å². The number of benzene rings is 1. The number of hydrogen-bond acceptors (Lipinski definition) is 4. The zero-order valence-electron chi connectivity index (χ0n) is 11.5. The molecule has 0 saturated heterocycles. The van der Waals surface area contributed by atoms with E-state index in [0.29, 0.717) is 35.2 Å². The first kappa shape index (κ1) is 16.9. The van der Waals surface area contributed by atoms with Gasteiger partial charge in [0.1, 0.15) is 5.25 Å². The highest BCUT2D eigenvalue weighted by molar-refractivity contribution is 7.86. The van der Waals surface area contributed by atoms with Crippen LogP contribution >= 0.6 is 11.6 Å². The smallest absolute Gasteiger partial charge is 0.239 e. The molecule has 1 aromatic carbocycles. The van der Waals surface area contributed by atoms with Gasteiger partial charge in [-0.1, -0.05) is 11.6 Å². The van der Waals surface area contributed by atoms with Crippen LogP contribution in [-0.2, 0) is 20.3 Å². The second kappa shape index (κ2) is 8.24. The molecule has 1 rings (SSSR count). The second-order valence-corrected chi connectivity index (χ2v) is 6.59. The Hall–Kier alpha value is -1.11. The zero-order valence-corrected chi connectivity index (χ0v) is 13.1. The van der Waals surface area contributed by atoms with E-state index in [1.165, 1.54) is 0 Å². The minimum absolute atomic E-state index is 0.326. The monoisotopic (exact) mass is 318 g/mol. The number of anilines is 2. The van der Waals surface area contributed by atoms with Gasteiger partial charge in [0.15, 0.2) is 0 Å². The van der Waals surface area contributed by atoms with Gasteiger partial charge in [-0.25, -0.2) is 0 Å². The summed E-state index contributed by atoms with van der Waals surface area (Å²) < 4.78 is 16.8. The number of hydrogen-bond donors (Lipinski definition) is 2. The normalized spacial score (nSPS) is 13.8. The highest BCUT2D eigenvalue weighted by atomic mass is 35.5. The lowest BCUT2D eigenvalue weighted by molar-refractivity contribution is -0.115. The minimum Gasteiger partial charge on any atom is -0.399 e. The van der Waals surface area contributed by atoms with Gasteiger partial charge in [-0.05, 0) is 31.5 Å². The predicted octanol–water partition coefficient (Wildman–Crippen LogP) is 2.03. The summed E-state index contributed by atoms with van der Waals surface area (Å²) in [7, 11) is 0.345. The molecule has 3 N–H and O–H groups in total. The molecule has 0 aliphatic rings. The van der Waals surface area contributed by atoms with E-state index in [0.717, 1.165) is 0 Å². The van der Waals surface area contributed by atoms with E-state index in [-0.39, 0.29) is 5.91 Å². The van der Waals surface area contributed by atoms with Gasteiger partial charge in [0.25, 0.3) is 0 Å². The summed E-state index contributed by atoms with van der Waals surface area (Å²) in [5.74, 6) is 0.102. The molecule has 0 aromatic heterocycles. The highest BCUT2D eigenvalue weighted by Gasteiger charge is 2.20. The number of methoxy groups -OCH3 is 1. The lowest BCUT2D eigenvalue weighted by Gasteiger charge is -2.13. The van der Waals surface area contributed by atoms with Gasteiger partial charge in [0, 0.05) is 36.0 Å². The Morgan fingerprint density at radius 3 is 2.85 bits per heavy atom. The molecule has 2 atom stereocenters. The van der Waals surface area contributed by atoms with Crippen molar-refractivity contribution < 1.29 is 13.7 Å². The van der Waals surface area contributed by atoms with Crippen LogP contribution in [0.3, 0.4) is 0 Å². The maximum absolute atomic E-state index is 12.0. The molecule has 112 valence electrons. The molecule has 20 heavy (non-hydrogen) atoms. The molecular weight excluding hydrogens is 300 g/mol. The van der Waals surface area contributed by atoms with Crippen LogP contribution in [0.5, 0.6) is 0 Å². The molecule has 2 unspecified atom stereocenters. The average molecular weight is 319 g/mol. The molecule has 0 radical (unpaired) electrons. The lowest BCUT2D eigenvalue weighted by Crippen LogP contribution is -2.30. The van der Waals surface area contributed by atoms with Gasteiger partial charge in [-0.15, -0.1) is 0 Å². The lowest BCUT2D eigenvalue weighted by atomic mass is 10.2. The van der Waals surface area contributed by atoms with Gasteiger partial charge in [0.05, 0.1) is 10.7 Å². The van der Waals surface area contributed by atoms with Crippen molar-refractivity contribution in [3.8, 4) is 0 Å². The zero-order chi connectivity index (χ0) is 15.1. The second-order valence-electron chi connectivity index (χ2n) is 4.30. The number of amides is 1. The summed E-state index contributed by atoms with van der Waals surface area (Å²) in [5.41, 5.74) is 6.56. The molecule has 0 bridgehead atoms. The Morgan fingerprint density at radius 1 is 1.55 bits per heavy atom. The van der Waals surface area contributed by atoms with Crippen LogP contribution in [-0.4, -0.2) is 34.8 Å². The maximum atomic E-state index is 12.0. The first-order valence-corrected chi connectivity index (χ1v) is 7.93. The van der Waals surface area contributed by atoms with Crippen LogP contribution in [0.2, 0.25) is 5.02 Å². The number of halogens is 1. The number of carbonyl (C=O) groups is 1. The number of carbonyl (C=O) groups excluding carboxylic acids is 1. The van der Waals surface area contributed by atoms with Crippen molar-refractivity contribution in [1.29, 1.82) is 0 Å². The number of nitrogens with two attached hydrogens (primary N) is 1. The number of ether oxygens (including phenoxy) is 1. The molecule has 7 heteroatoms. The van der Waals surface area contributed by atoms with Crippen molar-refractivity contribution in [1.82, 2.24) is 0 Å². The maximum Gasteiger partial charge on any atom is 0.239 e. The summed E-state index contributed by atoms with van der Waals surface area (Å²) in [6, 6.07) is 4.81. The van der Waals surface area contributed by atoms with Gasteiger partial charge in [-0.2, -0.15) is 0 Å². The standard InChI is InChI=1S/C13H19ClN2O3S/c1-9(20(18)7-3-6-19-2)13(17)16-12-5-4-10(15)8-11(12)14/h4-5,8-9H,3,6-7,15H2,1-2H3,(H,16,17). The van der Waals surface area contributed by atoms with E-state index >= 15 is 0 Å². The summed E-state index contributed by atoms with van der Waals surface area (Å²) in [4.78, 5) is 12.0. The van der Waals surface area contributed by atoms with Crippen molar-refractivity contribution >= 4 is 39.7 Å². The van der Waals surface area contributed by atoms with Crippen molar-refractivity contribution in [2.24, 2.45) is 0 Å². The molecule has 0 fully saturated rings. The van der Waals surface area contributed by atoms with Crippen molar-refractivity contribution in [2.75, 3.05) is 30.5 Å². The Morgan fingerprint density at radius 2 is 2.25 bits per heavy atom. The molecule has 0 aliphatic heterocycles. The average Bonchev–Trinajstić information content (AvgIpc) is 2.41. The summed E-state index contributed by atoms with van der Waals surface area (Å²) in [6.07, 6.45) is 0.656. The highest BCUT2D eigenvalue weighted by Crippen LogP contribution is 2.24. The third-order valence-corrected chi connectivity index (χ3v) is 4.72. The molecular formula is C13H19ClN2O3S. The van der Waals surface area contributed by atoms with Gasteiger partial charge >= 0.3 is 0 Å². The molecule has 0 heterocycles. The van der Waals surface area contributed by atoms with Crippen LogP contribution in [0.25, 0.3) is 0 Å². The first-order chi connectivity index (χ1) is 9.45. The van der Waals surface area contributed by atoms with Crippen LogP contribution in [0.1, 0.15) is 13.3 Å². The summed E-state index contributed by atoms with van der Waals surface area (Å²) in [6.45, 7) is 2.16. The summed E-state index contributed by atoms with van der Waals surface area (Å²) >= 11 is 5.97. The van der Waals surface area contributed by atoms with E-state index in [4.69, 9.17) is 22.1 Å². The first-order valence-electron chi connectivity index (χ1n) is 6.17. The van der Waals surface area contributed by atoms with Gasteiger partial charge in [0.2, 0.25) is 5.91 Å². The molecule has 1 amide bonds. The SMILES string of the molecule is COCCCS(=O)C(C)C(=O)Nc1ccc(N)cc1Cl. The molecule has 0 saturated carbocycles. The van der Waals surface area contributed by atoms with E-state index in [9.17, 15) is 9.00 Å². The van der Waals surface area contributed by atoms with E-state index in [2.05, 4.69) is 5.32 Å². The number of rotatable bonds is 7. The van der Waals surface area contributed by atoms with Crippen molar-refractivity contribution in [3.63, 3.8) is 0 Å². The Labute approximate surface area is 126 Å².